The second-order valence-corrected chi connectivity index (χ2v) is 4.59. The van der Waals surface area contributed by atoms with Crippen molar-refractivity contribution in [3.8, 4) is 5.75 Å². The summed E-state index contributed by atoms with van der Waals surface area (Å²) in [5.74, 6) is -0.571. The zero-order valence-corrected chi connectivity index (χ0v) is 11.3. The van der Waals surface area contributed by atoms with Crippen molar-refractivity contribution in [2.75, 3.05) is 7.11 Å². The molecular formula is C17H12FNO2. The van der Waals surface area contributed by atoms with E-state index in [0.717, 1.165) is 10.9 Å². The lowest BCUT2D eigenvalue weighted by atomic mass is 10.0. The van der Waals surface area contributed by atoms with Gasteiger partial charge in [0.15, 0.2) is 5.78 Å². The summed E-state index contributed by atoms with van der Waals surface area (Å²) in [5, 5.41) is 0.845. The van der Waals surface area contributed by atoms with Crippen LogP contribution in [0.25, 0.3) is 10.9 Å². The molecule has 0 N–H and O–H groups in total. The Balaban J connectivity index is 2.03. The summed E-state index contributed by atoms with van der Waals surface area (Å²) in [6.07, 6.45) is 1.69. The maximum Gasteiger partial charge on any atom is 0.195 e. The van der Waals surface area contributed by atoms with Gasteiger partial charge < -0.3 is 4.74 Å². The molecule has 0 spiro atoms. The molecule has 104 valence electrons. The molecule has 3 aromatic rings. The fourth-order valence-corrected chi connectivity index (χ4v) is 2.18. The van der Waals surface area contributed by atoms with Gasteiger partial charge in [0.05, 0.1) is 18.2 Å². The molecule has 0 radical (unpaired) electrons. The fraction of sp³-hybridized carbons (Fsp3) is 0.0588. The Morgan fingerprint density at radius 2 is 2.00 bits per heavy atom. The number of ketones is 1. The first kappa shape index (κ1) is 13.2. The Labute approximate surface area is 121 Å². The first-order chi connectivity index (χ1) is 10.2. The molecule has 3 nitrogen and oxygen atoms in total. The Morgan fingerprint density at radius 1 is 1.14 bits per heavy atom. The van der Waals surface area contributed by atoms with Crippen molar-refractivity contribution in [3.63, 3.8) is 0 Å². The number of benzene rings is 2. The molecule has 0 aliphatic heterocycles. The van der Waals surface area contributed by atoms with Crippen LogP contribution in [0.15, 0.2) is 54.7 Å². The van der Waals surface area contributed by atoms with E-state index in [1.165, 1.54) is 19.2 Å². The van der Waals surface area contributed by atoms with Gasteiger partial charge in [0.2, 0.25) is 0 Å². The molecule has 0 aliphatic rings. The normalized spacial score (nSPS) is 10.6. The zero-order chi connectivity index (χ0) is 14.8. The minimum Gasteiger partial charge on any atom is -0.497 e. The summed E-state index contributed by atoms with van der Waals surface area (Å²) in [5.41, 5.74) is 1.25. The number of pyridine rings is 1. The van der Waals surface area contributed by atoms with Crippen LogP contribution in [0, 0.1) is 5.82 Å². The van der Waals surface area contributed by atoms with Gasteiger partial charge in [-0.2, -0.15) is 0 Å². The molecule has 3 rings (SSSR count). The van der Waals surface area contributed by atoms with E-state index in [9.17, 15) is 9.18 Å². The highest BCUT2D eigenvalue weighted by Crippen LogP contribution is 2.21. The lowest BCUT2D eigenvalue weighted by Crippen LogP contribution is -2.04. The summed E-state index contributed by atoms with van der Waals surface area (Å²) < 4.78 is 18.9. The molecule has 2 aromatic carbocycles. The van der Waals surface area contributed by atoms with Crippen LogP contribution in [0.2, 0.25) is 0 Å². The number of halogens is 1. The summed E-state index contributed by atoms with van der Waals surface area (Å²) in [7, 11) is 1.45. The van der Waals surface area contributed by atoms with Crippen molar-refractivity contribution in [2.45, 2.75) is 0 Å². The highest BCUT2D eigenvalue weighted by molar-refractivity contribution is 6.10. The molecule has 1 aromatic heterocycles. The Kier molecular flexibility index (Phi) is 3.36. The van der Waals surface area contributed by atoms with Gasteiger partial charge in [0.25, 0.3) is 0 Å². The average Bonchev–Trinajstić information content (AvgIpc) is 2.53. The van der Waals surface area contributed by atoms with Gasteiger partial charge in [-0.1, -0.05) is 6.07 Å². The number of carbonyl (C=O) groups excluding carboxylic acids is 1. The minimum absolute atomic E-state index is 0.0269. The van der Waals surface area contributed by atoms with Crippen molar-refractivity contribution < 1.29 is 13.9 Å². The predicted octanol–water partition coefficient (Wildman–Crippen LogP) is 3.61. The highest BCUT2D eigenvalue weighted by Gasteiger charge is 2.15. The third-order valence-corrected chi connectivity index (χ3v) is 3.29. The molecule has 0 bridgehead atoms. The molecule has 4 heteroatoms. The van der Waals surface area contributed by atoms with Gasteiger partial charge in [-0.3, -0.25) is 9.78 Å². The average molecular weight is 281 g/mol. The molecule has 0 aliphatic carbocycles. The van der Waals surface area contributed by atoms with Crippen molar-refractivity contribution in [3.05, 3.63) is 71.7 Å². The number of fused-ring (bicyclic) bond motifs is 1. The molecule has 0 fully saturated rings. The molecule has 0 unspecified atom stereocenters. The van der Waals surface area contributed by atoms with Crippen LogP contribution in [0.5, 0.6) is 5.75 Å². The van der Waals surface area contributed by atoms with Crippen LogP contribution in [0.4, 0.5) is 4.39 Å². The minimum atomic E-state index is -0.592. The maximum absolute atomic E-state index is 14.0. The van der Waals surface area contributed by atoms with E-state index in [0.29, 0.717) is 11.3 Å². The number of hydrogen-bond donors (Lipinski definition) is 0. The second kappa shape index (κ2) is 5.32. The van der Waals surface area contributed by atoms with E-state index in [-0.39, 0.29) is 11.3 Å². The second-order valence-electron chi connectivity index (χ2n) is 4.59. The van der Waals surface area contributed by atoms with E-state index in [1.807, 2.05) is 6.07 Å². The van der Waals surface area contributed by atoms with Crippen LogP contribution in [0.3, 0.4) is 0 Å². The van der Waals surface area contributed by atoms with Crippen molar-refractivity contribution in [2.24, 2.45) is 0 Å². The van der Waals surface area contributed by atoms with Gasteiger partial charge in [-0.25, -0.2) is 4.39 Å². The monoisotopic (exact) mass is 281 g/mol. The van der Waals surface area contributed by atoms with E-state index in [2.05, 4.69) is 4.98 Å². The van der Waals surface area contributed by atoms with E-state index in [1.54, 1.807) is 36.5 Å². The van der Waals surface area contributed by atoms with Gasteiger partial charge in [0, 0.05) is 23.2 Å². The first-order valence-electron chi connectivity index (χ1n) is 6.42. The Bertz CT molecular complexity index is 830. The summed E-state index contributed by atoms with van der Waals surface area (Å²) in [6, 6.07) is 13.0. The predicted molar refractivity (Wildman–Crippen MR) is 78.1 cm³/mol. The topological polar surface area (TPSA) is 39.2 Å². The van der Waals surface area contributed by atoms with Gasteiger partial charge in [-0.15, -0.1) is 0 Å². The van der Waals surface area contributed by atoms with E-state index in [4.69, 9.17) is 4.74 Å². The quantitative estimate of drug-likeness (QED) is 0.688. The standard InChI is InChI=1S/C17H12FNO2/c1-21-13-5-6-14(15(18)10-13)17(20)12-4-7-16-11(9-12)3-2-8-19-16/h2-10H,1H3. The third-order valence-electron chi connectivity index (χ3n) is 3.29. The van der Waals surface area contributed by atoms with Gasteiger partial charge >= 0.3 is 0 Å². The van der Waals surface area contributed by atoms with Crippen LogP contribution in [-0.2, 0) is 0 Å². The molecule has 0 saturated carbocycles. The molecular weight excluding hydrogens is 269 g/mol. The number of hydrogen-bond acceptors (Lipinski definition) is 3. The van der Waals surface area contributed by atoms with Crippen LogP contribution in [0.1, 0.15) is 15.9 Å². The third kappa shape index (κ3) is 2.48. The Hall–Kier alpha value is -2.75. The van der Waals surface area contributed by atoms with Crippen molar-refractivity contribution in [1.29, 1.82) is 0 Å². The highest BCUT2D eigenvalue weighted by atomic mass is 19.1. The lowest BCUT2D eigenvalue weighted by molar-refractivity contribution is 0.103. The molecule has 0 atom stereocenters. The van der Waals surface area contributed by atoms with E-state index < -0.39 is 5.82 Å². The van der Waals surface area contributed by atoms with Crippen LogP contribution < -0.4 is 4.74 Å². The fourth-order valence-electron chi connectivity index (χ4n) is 2.18. The number of aromatic nitrogens is 1. The molecule has 21 heavy (non-hydrogen) atoms. The molecule has 0 amide bonds. The first-order valence-corrected chi connectivity index (χ1v) is 6.42. The van der Waals surface area contributed by atoms with Crippen molar-refractivity contribution >= 4 is 16.7 Å². The Morgan fingerprint density at radius 3 is 2.76 bits per heavy atom. The maximum atomic E-state index is 14.0. The largest absolute Gasteiger partial charge is 0.497 e. The van der Waals surface area contributed by atoms with Gasteiger partial charge in [-0.05, 0) is 36.4 Å². The SMILES string of the molecule is COc1ccc(C(=O)c2ccc3ncccc3c2)c(F)c1. The number of rotatable bonds is 3. The lowest BCUT2D eigenvalue weighted by Gasteiger charge is -2.06. The molecule has 1 heterocycles. The number of methoxy groups -OCH3 is 1. The summed E-state index contributed by atoms with van der Waals surface area (Å²) in [4.78, 5) is 16.6. The summed E-state index contributed by atoms with van der Waals surface area (Å²) in [6.45, 7) is 0. The number of ether oxygens (including phenoxy) is 1. The van der Waals surface area contributed by atoms with Gasteiger partial charge in [0.1, 0.15) is 11.6 Å². The molecule has 0 saturated heterocycles. The van der Waals surface area contributed by atoms with Crippen LogP contribution in [-0.4, -0.2) is 17.9 Å². The van der Waals surface area contributed by atoms with E-state index >= 15 is 0 Å². The van der Waals surface area contributed by atoms with Crippen LogP contribution >= 0.6 is 0 Å². The summed E-state index contributed by atoms with van der Waals surface area (Å²) >= 11 is 0. The number of nitrogens with zero attached hydrogens (tertiary/aromatic N) is 1. The smallest absolute Gasteiger partial charge is 0.195 e. The zero-order valence-electron chi connectivity index (χ0n) is 11.3. The number of carbonyl (C=O) groups is 1. The van der Waals surface area contributed by atoms with Crippen molar-refractivity contribution in [1.82, 2.24) is 4.98 Å².